The van der Waals surface area contributed by atoms with E-state index in [0.717, 1.165) is 5.56 Å². The van der Waals surface area contributed by atoms with Gasteiger partial charge in [-0.25, -0.2) is 13.2 Å². The van der Waals surface area contributed by atoms with Gasteiger partial charge in [0.25, 0.3) is 10.0 Å². The van der Waals surface area contributed by atoms with E-state index in [1.165, 1.54) is 12.1 Å². The summed E-state index contributed by atoms with van der Waals surface area (Å²) in [4.78, 5) is 12.1. The monoisotopic (exact) mass is 331 g/mol. The summed E-state index contributed by atoms with van der Waals surface area (Å²) >= 11 is 0. The van der Waals surface area contributed by atoms with Gasteiger partial charge in [0.2, 0.25) is 5.60 Å². The summed E-state index contributed by atoms with van der Waals surface area (Å²) in [5.41, 5.74) is -0.647. The highest BCUT2D eigenvalue weighted by Crippen LogP contribution is 2.39. The van der Waals surface area contributed by atoms with Crippen LogP contribution in [0.2, 0.25) is 0 Å². The first kappa shape index (κ1) is 16.8. The zero-order valence-electron chi connectivity index (χ0n) is 12.8. The predicted octanol–water partition coefficient (Wildman–Crippen LogP) is 2.99. The van der Waals surface area contributed by atoms with Crippen molar-refractivity contribution in [3.05, 3.63) is 54.8 Å². The van der Waals surface area contributed by atoms with Crippen molar-refractivity contribution in [3.63, 3.8) is 0 Å². The largest absolute Gasteiger partial charge is 0.430 e. The van der Waals surface area contributed by atoms with Gasteiger partial charge in [0.15, 0.2) is 0 Å². The molecule has 1 fully saturated rings. The number of hydrogen-bond acceptors (Lipinski definition) is 4. The lowest BCUT2D eigenvalue weighted by atomic mass is 9.96. The van der Waals surface area contributed by atoms with Crippen molar-refractivity contribution in [3.8, 4) is 12.3 Å². The summed E-state index contributed by atoms with van der Waals surface area (Å²) in [6.07, 6.45) is 6.72. The zero-order chi connectivity index (χ0) is 17.3. The summed E-state index contributed by atoms with van der Waals surface area (Å²) in [7, 11) is -4.12. The van der Waals surface area contributed by atoms with Gasteiger partial charge in [-0.05, 0) is 25.5 Å². The molecule has 1 heterocycles. The van der Waals surface area contributed by atoms with E-state index in [2.05, 4.69) is 19.1 Å². The molecule has 0 bridgehead atoms. The zero-order valence-corrected chi connectivity index (χ0v) is 13.6. The molecule has 1 aliphatic heterocycles. The molecule has 6 heteroatoms. The van der Waals surface area contributed by atoms with E-state index in [1.807, 2.05) is 6.92 Å². The average molecular weight is 331 g/mol. The molecule has 1 atom stereocenters. The Labute approximate surface area is 136 Å². The van der Waals surface area contributed by atoms with Crippen molar-refractivity contribution < 1.29 is 17.9 Å². The minimum absolute atomic E-state index is 0.0299. The van der Waals surface area contributed by atoms with Crippen LogP contribution in [0.5, 0.6) is 0 Å². The van der Waals surface area contributed by atoms with Gasteiger partial charge in [0, 0.05) is 6.42 Å². The van der Waals surface area contributed by atoms with E-state index in [0.29, 0.717) is 10.7 Å². The molecule has 0 spiro atoms. The fraction of sp³-hybridized carbons (Fsp3) is 0.235. The minimum atomic E-state index is -4.12. The molecule has 0 saturated carbocycles. The summed E-state index contributed by atoms with van der Waals surface area (Å²) in [6.45, 7) is 9.11. The molecule has 0 aliphatic carbocycles. The number of terminal acetylenes is 1. The fourth-order valence-corrected chi connectivity index (χ4v) is 3.63. The first-order valence-electron chi connectivity index (χ1n) is 6.91. The van der Waals surface area contributed by atoms with E-state index in [-0.39, 0.29) is 17.0 Å². The lowest BCUT2D eigenvalue weighted by Gasteiger charge is -2.22. The highest BCUT2D eigenvalue weighted by Gasteiger charge is 2.52. The number of amides is 1. The van der Waals surface area contributed by atoms with Crippen molar-refractivity contribution in [2.24, 2.45) is 0 Å². The third-order valence-electron chi connectivity index (χ3n) is 3.63. The van der Waals surface area contributed by atoms with Crippen LogP contribution in [0.3, 0.4) is 0 Å². The summed E-state index contributed by atoms with van der Waals surface area (Å²) in [6, 6.07) is 6.13. The number of rotatable bonds is 5. The van der Waals surface area contributed by atoms with Gasteiger partial charge in [-0.3, -0.25) is 0 Å². The highest BCUT2D eigenvalue weighted by molar-refractivity contribution is 7.89. The molecule has 2 rings (SSSR count). The van der Waals surface area contributed by atoms with Crippen LogP contribution in [0.15, 0.2) is 54.1 Å². The number of allylic oxidation sites excluding steroid dienone is 1. The number of sulfonamides is 1. The maximum absolute atomic E-state index is 12.7. The van der Waals surface area contributed by atoms with Crippen LogP contribution in [-0.4, -0.2) is 24.4 Å². The standard InChI is InChI=1S/C17H17NO4S/c1-5-7-12-17(6-2)14(4)18(16(19)22-17)23(20,21)15-10-8-13(3)9-11-15/h2,5,8-11H,1,4,7,12H2,3H3. The lowest BCUT2D eigenvalue weighted by molar-refractivity contribution is 0.103. The molecule has 5 nitrogen and oxygen atoms in total. The van der Waals surface area contributed by atoms with Crippen LogP contribution < -0.4 is 0 Å². The first-order valence-corrected chi connectivity index (χ1v) is 8.35. The van der Waals surface area contributed by atoms with Crippen molar-refractivity contribution in [1.29, 1.82) is 0 Å². The molecular weight excluding hydrogens is 314 g/mol. The number of cyclic esters (lactones) is 1. The maximum atomic E-state index is 12.7. The third kappa shape index (κ3) is 2.76. The molecule has 1 saturated heterocycles. The lowest BCUT2D eigenvalue weighted by Crippen LogP contribution is -2.33. The van der Waals surface area contributed by atoms with Crippen molar-refractivity contribution >= 4 is 16.1 Å². The number of ether oxygens (including phenoxy) is 1. The number of carbonyl (C=O) groups excluding carboxylic acids is 1. The van der Waals surface area contributed by atoms with E-state index < -0.39 is 21.7 Å². The minimum Gasteiger partial charge on any atom is -0.423 e. The maximum Gasteiger partial charge on any atom is 0.430 e. The van der Waals surface area contributed by atoms with E-state index in [1.54, 1.807) is 18.2 Å². The Morgan fingerprint density at radius 1 is 1.39 bits per heavy atom. The topological polar surface area (TPSA) is 63.7 Å². The highest BCUT2D eigenvalue weighted by atomic mass is 32.2. The van der Waals surface area contributed by atoms with E-state index in [9.17, 15) is 13.2 Å². The second-order valence-corrected chi connectivity index (χ2v) is 6.98. The van der Waals surface area contributed by atoms with Crippen LogP contribution in [-0.2, 0) is 14.8 Å². The number of hydrogen-bond donors (Lipinski definition) is 0. The SMILES string of the molecule is C#CC1(CCC=C)OC(=O)N(S(=O)(=O)c2ccc(C)cc2)C1=C. The number of benzene rings is 1. The van der Waals surface area contributed by atoms with Gasteiger partial charge >= 0.3 is 6.09 Å². The Balaban J connectivity index is 2.45. The van der Waals surface area contributed by atoms with Crippen LogP contribution in [0.4, 0.5) is 4.79 Å². The van der Waals surface area contributed by atoms with Crippen molar-refractivity contribution in [2.75, 3.05) is 0 Å². The molecule has 1 aliphatic rings. The quantitative estimate of drug-likeness (QED) is 0.614. The van der Waals surface area contributed by atoms with Crippen molar-refractivity contribution in [2.45, 2.75) is 30.3 Å². The third-order valence-corrected chi connectivity index (χ3v) is 5.35. The Hall–Kier alpha value is -2.52. The van der Waals surface area contributed by atoms with Gasteiger partial charge in [-0.15, -0.1) is 13.0 Å². The summed E-state index contributed by atoms with van der Waals surface area (Å²) < 4.78 is 31.2. The first-order chi connectivity index (χ1) is 10.8. The van der Waals surface area contributed by atoms with Crippen LogP contribution in [0.1, 0.15) is 18.4 Å². The molecule has 1 unspecified atom stereocenters. The molecule has 0 aromatic heterocycles. The van der Waals surface area contributed by atoms with Gasteiger partial charge in [-0.1, -0.05) is 36.3 Å². The molecule has 1 amide bonds. The summed E-state index contributed by atoms with van der Waals surface area (Å²) in [5, 5.41) is 0. The average Bonchev–Trinajstić information content (AvgIpc) is 2.77. The van der Waals surface area contributed by atoms with Gasteiger partial charge in [-0.2, -0.15) is 4.31 Å². The second kappa shape index (κ2) is 5.94. The van der Waals surface area contributed by atoms with Gasteiger partial charge in [0.05, 0.1) is 10.6 Å². The van der Waals surface area contributed by atoms with E-state index in [4.69, 9.17) is 11.2 Å². The Bertz CT molecular complexity index is 802. The fourth-order valence-electron chi connectivity index (χ4n) is 2.27. The predicted molar refractivity (Wildman–Crippen MR) is 86.8 cm³/mol. The molecule has 120 valence electrons. The number of nitrogens with zero attached hydrogens (tertiary/aromatic N) is 1. The Morgan fingerprint density at radius 3 is 2.52 bits per heavy atom. The van der Waals surface area contributed by atoms with Crippen LogP contribution >= 0.6 is 0 Å². The molecule has 1 aromatic carbocycles. The van der Waals surface area contributed by atoms with Gasteiger partial charge in [0.1, 0.15) is 0 Å². The molecule has 0 N–H and O–H groups in total. The smallest absolute Gasteiger partial charge is 0.423 e. The molecule has 23 heavy (non-hydrogen) atoms. The number of carbonyl (C=O) groups is 1. The van der Waals surface area contributed by atoms with E-state index >= 15 is 0 Å². The molecule has 0 radical (unpaired) electrons. The second-order valence-electron chi connectivity index (χ2n) is 5.20. The van der Waals surface area contributed by atoms with Crippen LogP contribution in [0.25, 0.3) is 0 Å². The van der Waals surface area contributed by atoms with Crippen LogP contribution in [0, 0.1) is 19.3 Å². The molecule has 1 aromatic rings. The Kier molecular flexibility index (Phi) is 4.35. The normalized spacial score (nSPS) is 21.0. The Morgan fingerprint density at radius 2 is 2.00 bits per heavy atom. The van der Waals surface area contributed by atoms with Crippen molar-refractivity contribution in [1.82, 2.24) is 4.31 Å². The summed E-state index contributed by atoms with van der Waals surface area (Å²) in [5.74, 6) is 2.36. The van der Waals surface area contributed by atoms with Gasteiger partial charge < -0.3 is 4.74 Å². The molecular formula is C17H17NO4S. The number of aryl methyl sites for hydroxylation is 1.